The molecule has 25 heavy (non-hydrogen) atoms. The van der Waals surface area contributed by atoms with E-state index in [9.17, 15) is 4.79 Å². The number of carbonyl (C=O) groups is 1. The lowest BCUT2D eigenvalue weighted by atomic mass is 10.1. The van der Waals surface area contributed by atoms with E-state index >= 15 is 0 Å². The quantitative estimate of drug-likeness (QED) is 0.730. The molecule has 2 aromatic heterocycles. The van der Waals surface area contributed by atoms with Crippen molar-refractivity contribution in [3.8, 4) is 11.5 Å². The second-order valence-electron chi connectivity index (χ2n) is 5.65. The van der Waals surface area contributed by atoms with Gasteiger partial charge in [0.1, 0.15) is 6.04 Å². The van der Waals surface area contributed by atoms with Gasteiger partial charge in [-0.2, -0.15) is 4.98 Å². The molecule has 1 aliphatic rings. The van der Waals surface area contributed by atoms with Crippen LogP contribution in [0.2, 0.25) is 0 Å². The highest BCUT2D eigenvalue weighted by molar-refractivity contribution is 5.94. The van der Waals surface area contributed by atoms with Crippen molar-refractivity contribution in [1.29, 1.82) is 0 Å². The summed E-state index contributed by atoms with van der Waals surface area (Å²) in [4.78, 5) is 23.0. The van der Waals surface area contributed by atoms with E-state index < -0.39 is 0 Å². The van der Waals surface area contributed by atoms with Crippen molar-refractivity contribution in [2.45, 2.75) is 6.04 Å². The number of ether oxygens (including phenoxy) is 1. The molecule has 126 valence electrons. The first-order valence-corrected chi connectivity index (χ1v) is 8.01. The van der Waals surface area contributed by atoms with E-state index in [0.29, 0.717) is 37.0 Å². The van der Waals surface area contributed by atoms with Gasteiger partial charge >= 0.3 is 0 Å². The molecule has 1 amide bonds. The Bertz CT molecular complexity index is 851. The van der Waals surface area contributed by atoms with Gasteiger partial charge < -0.3 is 14.2 Å². The van der Waals surface area contributed by atoms with E-state index in [2.05, 4.69) is 15.1 Å². The minimum absolute atomic E-state index is 0.0956. The van der Waals surface area contributed by atoms with Crippen LogP contribution in [0.15, 0.2) is 59.4 Å². The molecule has 0 bridgehead atoms. The van der Waals surface area contributed by atoms with Crippen molar-refractivity contribution in [2.75, 3.05) is 19.8 Å². The number of hydrogen-bond acceptors (Lipinski definition) is 6. The molecule has 7 heteroatoms. The van der Waals surface area contributed by atoms with Gasteiger partial charge in [0.05, 0.1) is 13.2 Å². The largest absolute Gasteiger partial charge is 0.377 e. The van der Waals surface area contributed by atoms with Gasteiger partial charge in [-0.3, -0.25) is 9.78 Å². The average molecular weight is 336 g/mol. The number of pyridine rings is 1. The third-order valence-corrected chi connectivity index (χ3v) is 4.08. The number of amides is 1. The Morgan fingerprint density at radius 2 is 1.92 bits per heavy atom. The number of nitrogens with zero attached hydrogens (tertiary/aromatic N) is 4. The summed E-state index contributed by atoms with van der Waals surface area (Å²) in [6.45, 7) is 1.29. The molecule has 1 fully saturated rings. The van der Waals surface area contributed by atoms with E-state index in [1.54, 1.807) is 29.4 Å². The van der Waals surface area contributed by atoms with Crippen LogP contribution in [0.25, 0.3) is 11.5 Å². The summed E-state index contributed by atoms with van der Waals surface area (Å²) in [5.74, 6) is 0.778. The zero-order valence-electron chi connectivity index (χ0n) is 13.4. The third-order valence-electron chi connectivity index (χ3n) is 4.08. The minimum Gasteiger partial charge on any atom is -0.377 e. The minimum atomic E-state index is -0.379. The predicted octanol–water partition coefficient (Wildman–Crippen LogP) is 2.35. The van der Waals surface area contributed by atoms with Gasteiger partial charge in [-0.25, -0.2) is 0 Å². The van der Waals surface area contributed by atoms with Crippen LogP contribution in [0.3, 0.4) is 0 Å². The van der Waals surface area contributed by atoms with Gasteiger partial charge in [0.2, 0.25) is 0 Å². The molecule has 0 spiro atoms. The standard InChI is InChI=1S/C18H16N4O3/c23-18(14-6-8-19-9-7-14)22-10-11-24-12-15(22)16-20-17(25-21-16)13-4-2-1-3-5-13/h1-9,15H,10-12H2/t15-/m1/s1. The highest BCUT2D eigenvalue weighted by Gasteiger charge is 2.32. The zero-order chi connectivity index (χ0) is 17.1. The van der Waals surface area contributed by atoms with Crippen LogP contribution >= 0.6 is 0 Å². The maximum absolute atomic E-state index is 12.8. The maximum atomic E-state index is 12.8. The fourth-order valence-electron chi connectivity index (χ4n) is 2.79. The molecule has 0 saturated carbocycles. The van der Waals surface area contributed by atoms with Gasteiger partial charge in [0, 0.05) is 30.1 Å². The Kier molecular flexibility index (Phi) is 4.22. The Labute approximate surface area is 144 Å². The summed E-state index contributed by atoms with van der Waals surface area (Å²) in [5.41, 5.74) is 1.42. The Balaban J connectivity index is 1.62. The molecular weight excluding hydrogens is 320 g/mol. The number of benzene rings is 1. The first kappa shape index (κ1) is 15.5. The van der Waals surface area contributed by atoms with Crippen LogP contribution in [0, 0.1) is 0 Å². The van der Waals surface area contributed by atoms with E-state index in [1.165, 1.54) is 0 Å². The van der Waals surface area contributed by atoms with E-state index in [0.717, 1.165) is 5.56 Å². The topological polar surface area (TPSA) is 81.4 Å². The van der Waals surface area contributed by atoms with Crippen molar-refractivity contribution in [3.63, 3.8) is 0 Å². The summed E-state index contributed by atoms with van der Waals surface area (Å²) in [5, 5.41) is 4.07. The molecule has 1 aliphatic heterocycles. The Morgan fingerprint density at radius 1 is 1.12 bits per heavy atom. The van der Waals surface area contributed by atoms with E-state index in [-0.39, 0.29) is 11.9 Å². The molecule has 3 aromatic rings. The molecule has 3 heterocycles. The highest BCUT2D eigenvalue weighted by Crippen LogP contribution is 2.26. The van der Waals surface area contributed by atoms with Crippen LogP contribution in [-0.2, 0) is 4.74 Å². The number of rotatable bonds is 3. The fourth-order valence-corrected chi connectivity index (χ4v) is 2.79. The second-order valence-corrected chi connectivity index (χ2v) is 5.65. The van der Waals surface area contributed by atoms with Crippen LogP contribution < -0.4 is 0 Å². The lowest BCUT2D eigenvalue weighted by Crippen LogP contribution is -2.43. The molecule has 7 nitrogen and oxygen atoms in total. The van der Waals surface area contributed by atoms with Gasteiger partial charge in [-0.15, -0.1) is 0 Å². The number of carbonyl (C=O) groups excluding carboxylic acids is 1. The van der Waals surface area contributed by atoms with Crippen molar-refractivity contribution < 1.29 is 14.1 Å². The van der Waals surface area contributed by atoms with Crippen LogP contribution in [0.4, 0.5) is 0 Å². The fraction of sp³-hybridized carbons (Fsp3) is 0.222. The van der Waals surface area contributed by atoms with Crippen molar-refractivity contribution in [2.24, 2.45) is 0 Å². The molecule has 1 aromatic carbocycles. The molecule has 1 saturated heterocycles. The predicted molar refractivity (Wildman–Crippen MR) is 88.6 cm³/mol. The second kappa shape index (κ2) is 6.82. The van der Waals surface area contributed by atoms with Gasteiger partial charge in [0.15, 0.2) is 5.82 Å². The summed E-state index contributed by atoms with van der Waals surface area (Å²) in [6, 6.07) is 12.5. The van der Waals surface area contributed by atoms with Crippen LogP contribution in [0.5, 0.6) is 0 Å². The number of hydrogen-bond donors (Lipinski definition) is 0. The third kappa shape index (κ3) is 3.14. The maximum Gasteiger partial charge on any atom is 0.257 e. The van der Waals surface area contributed by atoms with Crippen molar-refractivity contribution >= 4 is 5.91 Å². The first-order valence-electron chi connectivity index (χ1n) is 8.01. The van der Waals surface area contributed by atoms with Crippen molar-refractivity contribution in [3.05, 3.63) is 66.2 Å². The molecule has 0 radical (unpaired) electrons. The summed E-state index contributed by atoms with van der Waals surface area (Å²) in [6.07, 6.45) is 3.20. The summed E-state index contributed by atoms with van der Waals surface area (Å²) < 4.78 is 10.9. The molecule has 4 rings (SSSR count). The van der Waals surface area contributed by atoms with Gasteiger partial charge in [-0.05, 0) is 24.3 Å². The number of aromatic nitrogens is 3. The van der Waals surface area contributed by atoms with E-state index in [4.69, 9.17) is 9.26 Å². The Morgan fingerprint density at radius 3 is 2.72 bits per heavy atom. The number of morpholine rings is 1. The highest BCUT2D eigenvalue weighted by atomic mass is 16.5. The summed E-state index contributed by atoms with van der Waals surface area (Å²) in [7, 11) is 0. The zero-order valence-corrected chi connectivity index (χ0v) is 13.4. The lowest BCUT2D eigenvalue weighted by molar-refractivity contribution is -0.00577. The van der Waals surface area contributed by atoms with Crippen LogP contribution in [-0.4, -0.2) is 45.7 Å². The van der Waals surface area contributed by atoms with Crippen molar-refractivity contribution in [1.82, 2.24) is 20.0 Å². The molecule has 0 aliphatic carbocycles. The first-order chi connectivity index (χ1) is 12.3. The SMILES string of the molecule is O=C(c1ccncc1)N1CCOC[C@@H]1c1noc(-c2ccccc2)n1. The average Bonchev–Trinajstić information content (AvgIpc) is 3.19. The normalized spacial score (nSPS) is 17.4. The van der Waals surface area contributed by atoms with Gasteiger partial charge in [-0.1, -0.05) is 23.4 Å². The molecule has 0 unspecified atom stereocenters. The molecule has 0 N–H and O–H groups in total. The van der Waals surface area contributed by atoms with Gasteiger partial charge in [0.25, 0.3) is 11.8 Å². The summed E-state index contributed by atoms with van der Waals surface area (Å²) >= 11 is 0. The molecule has 1 atom stereocenters. The monoisotopic (exact) mass is 336 g/mol. The lowest BCUT2D eigenvalue weighted by Gasteiger charge is -2.33. The Hall–Kier alpha value is -3.06. The van der Waals surface area contributed by atoms with Crippen LogP contribution in [0.1, 0.15) is 22.2 Å². The smallest absolute Gasteiger partial charge is 0.257 e. The van der Waals surface area contributed by atoms with E-state index in [1.807, 2.05) is 30.3 Å². The molecular formula is C18H16N4O3.